The van der Waals surface area contributed by atoms with Crippen molar-refractivity contribution in [1.29, 1.82) is 0 Å². The minimum atomic E-state index is -0.533. The summed E-state index contributed by atoms with van der Waals surface area (Å²) in [6.07, 6.45) is 3.51. The maximum Gasteiger partial charge on any atom is 0.182 e. The Kier molecular flexibility index (Phi) is 4.93. The number of benzene rings is 2. The second-order valence-electron chi connectivity index (χ2n) is 4.67. The van der Waals surface area contributed by atoms with Gasteiger partial charge in [0.2, 0.25) is 0 Å². The van der Waals surface area contributed by atoms with Crippen LogP contribution in [0.2, 0.25) is 5.02 Å². The molecule has 2 aromatic carbocycles. The number of phenolic OH excluding ortho intramolecular Hbond substituents is 3. The fraction of sp³-hybridized carbons (Fsp3) is 0. The van der Waals surface area contributed by atoms with Crippen LogP contribution in [0.3, 0.4) is 0 Å². The number of carbonyl (C=O) groups excluding carboxylic acids is 1. The molecule has 2 rings (SSSR count). The van der Waals surface area contributed by atoms with E-state index in [9.17, 15) is 25.2 Å². The average molecular weight is 333 g/mol. The summed E-state index contributed by atoms with van der Waals surface area (Å²) in [4.78, 5) is 11.8. The zero-order chi connectivity index (χ0) is 17.0. The monoisotopic (exact) mass is 332 g/mol. The third kappa shape index (κ3) is 4.28. The van der Waals surface area contributed by atoms with Gasteiger partial charge in [-0.2, -0.15) is 0 Å². The average Bonchev–Trinajstić information content (AvgIpc) is 2.50. The molecule has 0 heterocycles. The van der Waals surface area contributed by atoms with Gasteiger partial charge >= 0.3 is 0 Å². The minimum Gasteiger partial charge on any atom is -0.507 e. The van der Waals surface area contributed by atoms with Gasteiger partial charge in [-0.15, -0.1) is 0 Å². The predicted octanol–water partition coefficient (Wildman–Crippen LogP) is 3.64. The van der Waals surface area contributed by atoms with Gasteiger partial charge in [0.25, 0.3) is 0 Å². The molecule has 6 heteroatoms. The molecule has 0 saturated heterocycles. The van der Waals surface area contributed by atoms with Crippen molar-refractivity contribution in [2.45, 2.75) is 0 Å². The largest absolute Gasteiger partial charge is 0.507 e. The van der Waals surface area contributed by atoms with Crippen LogP contribution >= 0.6 is 11.6 Å². The van der Waals surface area contributed by atoms with Crippen LogP contribution in [0.1, 0.15) is 11.1 Å². The molecule has 0 atom stereocenters. The standard InChI is InChI=1S/C17H13ClO5/c18-11-3-6-14(20)13(8-11)16(22)9-12(19)4-1-10-2-5-15(21)17(23)7-10/h1-9,20-23H/b4-1+,16-9?. The van der Waals surface area contributed by atoms with Gasteiger partial charge in [-0.1, -0.05) is 23.7 Å². The zero-order valence-corrected chi connectivity index (χ0v) is 12.5. The van der Waals surface area contributed by atoms with Crippen LogP contribution in [0.5, 0.6) is 17.2 Å². The molecule has 0 radical (unpaired) electrons. The summed E-state index contributed by atoms with van der Waals surface area (Å²) in [5, 5.41) is 38.4. The quantitative estimate of drug-likeness (QED) is 0.389. The van der Waals surface area contributed by atoms with E-state index >= 15 is 0 Å². The smallest absolute Gasteiger partial charge is 0.182 e. The Labute approximate surface area is 137 Å². The highest BCUT2D eigenvalue weighted by Gasteiger charge is 2.08. The number of aromatic hydroxyl groups is 3. The van der Waals surface area contributed by atoms with E-state index in [1.165, 1.54) is 48.6 Å². The Morgan fingerprint density at radius 2 is 1.65 bits per heavy atom. The normalized spacial score (nSPS) is 11.8. The van der Waals surface area contributed by atoms with Gasteiger partial charge in [-0.25, -0.2) is 0 Å². The van der Waals surface area contributed by atoms with Crippen molar-refractivity contribution in [3.05, 3.63) is 64.7 Å². The molecule has 0 saturated carbocycles. The third-order valence-electron chi connectivity index (χ3n) is 2.95. The molecule has 4 N–H and O–H groups in total. The number of carbonyl (C=O) groups is 1. The summed E-state index contributed by atoms with van der Waals surface area (Å²) in [7, 11) is 0. The first-order chi connectivity index (χ1) is 10.9. The van der Waals surface area contributed by atoms with Crippen LogP contribution in [0, 0.1) is 0 Å². The van der Waals surface area contributed by atoms with Gasteiger partial charge in [0.1, 0.15) is 11.5 Å². The minimum absolute atomic E-state index is 0.0431. The Bertz CT molecular complexity index is 809. The van der Waals surface area contributed by atoms with Crippen molar-refractivity contribution in [2.24, 2.45) is 0 Å². The Morgan fingerprint density at radius 3 is 2.35 bits per heavy atom. The Hall–Kier alpha value is -2.92. The molecule has 0 fully saturated rings. The number of allylic oxidation sites excluding steroid dienone is 2. The van der Waals surface area contributed by atoms with Crippen molar-refractivity contribution in [2.75, 3.05) is 0 Å². The molecule has 5 nitrogen and oxygen atoms in total. The Morgan fingerprint density at radius 1 is 0.957 bits per heavy atom. The van der Waals surface area contributed by atoms with E-state index in [-0.39, 0.29) is 22.8 Å². The van der Waals surface area contributed by atoms with E-state index in [0.717, 1.165) is 6.08 Å². The number of ketones is 1. The first kappa shape index (κ1) is 16.5. The number of aliphatic hydroxyl groups is 1. The van der Waals surface area contributed by atoms with Crippen LogP contribution in [0.25, 0.3) is 11.8 Å². The van der Waals surface area contributed by atoms with Gasteiger partial charge in [-0.05, 0) is 42.0 Å². The summed E-state index contributed by atoms with van der Waals surface area (Å²) >= 11 is 5.77. The SMILES string of the molecule is O=C(C=C(O)c1cc(Cl)ccc1O)/C=C/c1ccc(O)c(O)c1. The first-order valence-corrected chi connectivity index (χ1v) is 6.88. The maximum atomic E-state index is 11.8. The molecule has 0 aromatic heterocycles. The van der Waals surface area contributed by atoms with Crippen LogP contribution in [0.4, 0.5) is 0 Å². The second kappa shape index (κ2) is 6.89. The molecule has 0 spiro atoms. The van der Waals surface area contributed by atoms with Gasteiger partial charge in [0.05, 0.1) is 5.56 Å². The molecule has 0 amide bonds. The molecule has 0 unspecified atom stereocenters. The van der Waals surface area contributed by atoms with Crippen molar-refractivity contribution < 1.29 is 25.2 Å². The first-order valence-electron chi connectivity index (χ1n) is 6.50. The highest BCUT2D eigenvalue weighted by atomic mass is 35.5. The fourth-order valence-electron chi connectivity index (χ4n) is 1.80. The lowest BCUT2D eigenvalue weighted by Gasteiger charge is -2.03. The lowest BCUT2D eigenvalue weighted by atomic mass is 10.1. The fourth-order valence-corrected chi connectivity index (χ4v) is 1.97. The molecule has 0 aliphatic heterocycles. The van der Waals surface area contributed by atoms with Gasteiger partial charge < -0.3 is 20.4 Å². The number of hydrogen-bond acceptors (Lipinski definition) is 5. The molecule has 0 aliphatic carbocycles. The van der Waals surface area contributed by atoms with Gasteiger partial charge in [0.15, 0.2) is 17.3 Å². The Balaban J connectivity index is 2.18. The number of hydrogen-bond donors (Lipinski definition) is 4. The highest BCUT2D eigenvalue weighted by molar-refractivity contribution is 6.30. The lowest BCUT2D eigenvalue weighted by Crippen LogP contribution is -1.91. The molecule has 0 aliphatic rings. The number of rotatable bonds is 4. The van der Waals surface area contributed by atoms with Gasteiger partial charge in [0, 0.05) is 11.1 Å². The molecule has 118 valence electrons. The third-order valence-corrected chi connectivity index (χ3v) is 3.19. The van der Waals surface area contributed by atoms with E-state index in [4.69, 9.17) is 11.6 Å². The molecule has 0 bridgehead atoms. The summed E-state index contributed by atoms with van der Waals surface area (Å²) < 4.78 is 0. The van der Waals surface area contributed by atoms with E-state index in [1.54, 1.807) is 0 Å². The molecule has 2 aromatic rings. The maximum absolute atomic E-state index is 11.8. The number of phenols is 3. The molecular weight excluding hydrogens is 320 g/mol. The van der Waals surface area contributed by atoms with Crippen LogP contribution in [-0.2, 0) is 4.79 Å². The van der Waals surface area contributed by atoms with E-state index < -0.39 is 11.5 Å². The van der Waals surface area contributed by atoms with Crippen LogP contribution in [-0.4, -0.2) is 26.2 Å². The predicted molar refractivity (Wildman–Crippen MR) is 87.5 cm³/mol. The van der Waals surface area contributed by atoms with Crippen molar-refractivity contribution in [1.82, 2.24) is 0 Å². The summed E-state index contributed by atoms with van der Waals surface area (Å²) in [6, 6.07) is 8.17. The second-order valence-corrected chi connectivity index (χ2v) is 5.11. The van der Waals surface area contributed by atoms with Crippen molar-refractivity contribution in [3.63, 3.8) is 0 Å². The lowest BCUT2D eigenvalue weighted by molar-refractivity contribution is -0.110. The summed E-state index contributed by atoms with van der Waals surface area (Å²) in [6.45, 7) is 0. The van der Waals surface area contributed by atoms with Crippen LogP contribution < -0.4 is 0 Å². The summed E-state index contributed by atoms with van der Waals surface area (Å²) in [5.74, 6) is -1.73. The topological polar surface area (TPSA) is 98.0 Å². The van der Waals surface area contributed by atoms with Crippen LogP contribution in [0.15, 0.2) is 48.6 Å². The zero-order valence-electron chi connectivity index (χ0n) is 11.8. The van der Waals surface area contributed by atoms with E-state index in [2.05, 4.69) is 0 Å². The molecule has 23 heavy (non-hydrogen) atoms. The van der Waals surface area contributed by atoms with E-state index in [1.807, 2.05) is 0 Å². The number of halogens is 1. The molecular formula is C17H13ClO5. The summed E-state index contributed by atoms with van der Waals surface area (Å²) in [5.41, 5.74) is 0.536. The van der Waals surface area contributed by atoms with Crippen molar-refractivity contribution in [3.8, 4) is 17.2 Å². The highest BCUT2D eigenvalue weighted by Crippen LogP contribution is 2.27. The van der Waals surface area contributed by atoms with Crippen molar-refractivity contribution >= 4 is 29.2 Å². The van der Waals surface area contributed by atoms with E-state index in [0.29, 0.717) is 10.6 Å². The van der Waals surface area contributed by atoms with Gasteiger partial charge in [-0.3, -0.25) is 4.79 Å². The number of aliphatic hydroxyl groups excluding tert-OH is 1.